The minimum absolute atomic E-state index is 0.981. The Labute approximate surface area is 60.9 Å². The fourth-order valence-electron chi connectivity index (χ4n) is 0.447. The SMILES string of the molecule is CCc1cnc(Br)s1. The molecule has 1 nitrogen and oxygen atoms in total. The summed E-state index contributed by atoms with van der Waals surface area (Å²) in [5, 5.41) is 0. The van der Waals surface area contributed by atoms with Crippen LogP contribution in [0.4, 0.5) is 0 Å². The lowest BCUT2D eigenvalue weighted by molar-refractivity contribution is 1.17. The van der Waals surface area contributed by atoms with Crippen LogP contribution in [-0.4, -0.2) is 4.98 Å². The van der Waals surface area contributed by atoms with E-state index in [0.717, 1.165) is 10.3 Å². The summed E-state index contributed by atoms with van der Waals surface area (Å²) in [5.41, 5.74) is 0. The van der Waals surface area contributed by atoms with E-state index in [-0.39, 0.29) is 0 Å². The highest BCUT2D eigenvalue weighted by Crippen LogP contribution is 2.17. The quantitative estimate of drug-likeness (QED) is 0.665. The maximum atomic E-state index is 4.02. The zero-order chi connectivity index (χ0) is 5.98. The van der Waals surface area contributed by atoms with Gasteiger partial charge in [0.15, 0.2) is 3.92 Å². The van der Waals surface area contributed by atoms with Gasteiger partial charge in [0.05, 0.1) is 0 Å². The van der Waals surface area contributed by atoms with Crippen LogP contribution < -0.4 is 0 Å². The average Bonchev–Trinajstić information content (AvgIpc) is 2.14. The Morgan fingerprint density at radius 1 is 1.88 bits per heavy atom. The number of aryl methyl sites for hydroxylation is 1. The summed E-state index contributed by atoms with van der Waals surface area (Å²) in [6.07, 6.45) is 2.98. The van der Waals surface area contributed by atoms with E-state index in [1.54, 1.807) is 11.3 Å². The Kier molecular flexibility index (Phi) is 2.02. The second-order valence-electron chi connectivity index (χ2n) is 1.43. The molecule has 1 aromatic rings. The van der Waals surface area contributed by atoms with Crippen molar-refractivity contribution in [1.29, 1.82) is 0 Å². The summed E-state index contributed by atoms with van der Waals surface area (Å²) in [7, 11) is 0. The van der Waals surface area contributed by atoms with Crippen LogP contribution in [0.5, 0.6) is 0 Å². The number of aromatic nitrogens is 1. The third kappa shape index (κ3) is 1.29. The molecule has 0 spiro atoms. The molecule has 0 aliphatic rings. The van der Waals surface area contributed by atoms with Crippen molar-refractivity contribution in [2.24, 2.45) is 0 Å². The van der Waals surface area contributed by atoms with E-state index in [4.69, 9.17) is 0 Å². The highest BCUT2D eigenvalue weighted by molar-refractivity contribution is 9.11. The first kappa shape index (κ1) is 6.23. The maximum absolute atomic E-state index is 4.02. The van der Waals surface area contributed by atoms with E-state index in [2.05, 4.69) is 27.8 Å². The average molecular weight is 192 g/mol. The summed E-state index contributed by atoms with van der Waals surface area (Å²) in [6.45, 7) is 2.12. The third-order valence-corrected chi connectivity index (χ3v) is 2.49. The van der Waals surface area contributed by atoms with Crippen LogP contribution in [0, 0.1) is 0 Å². The van der Waals surface area contributed by atoms with Gasteiger partial charge in [-0.2, -0.15) is 0 Å². The Morgan fingerprint density at radius 3 is 2.88 bits per heavy atom. The molecule has 0 unspecified atom stereocenters. The molecule has 3 heteroatoms. The predicted octanol–water partition coefficient (Wildman–Crippen LogP) is 2.47. The summed E-state index contributed by atoms with van der Waals surface area (Å²) in [5.74, 6) is 0. The molecule has 1 aromatic heterocycles. The van der Waals surface area contributed by atoms with Gasteiger partial charge >= 0.3 is 0 Å². The molecule has 44 valence electrons. The standard InChI is InChI=1S/C5H6BrNS/c1-2-4-3-7-5(6)8-4/h3H,2H2,1H3. The first-order chi connectivity index (χ1) is 3.83. The van der Waals surface area contributed by atoms with E-state index < -0.39 is 0 Å². The minimum Gasteiger partial charge on any atom is -0.237 e. The van der Waals surface area contributed by atoms with Gasteiger partial charge in [-0.05, 0) is 22.4 Å². The van der Waals surface area contributed by atoms with Crippen LogP contribution in [0.25, 0.3) is 0 Å². The molecule has 0 N–H and O–H groups in total. The normalized spacial score (nSPS) is 9.75. The second-order valence-corrected chi connectivity index (χ2v) is 3.82. The molecule has 0 saturated carbocycles. The molecular weight excluding hydrogens is 186 g/mol. The fourth-order valence-corrected chi connectivity index (χ4v) is 1.74. The van der Waals surface area contributed by atoms with Crippen LogP contribution >= 0.6 is 27.3 Å². The number of rotatable bonds is 1. The zero-order valence-electron chi connectivity index (χ0n) is 4.52. The lowest BCUT2D eigenvalue weighted by Crippen LogP contribution is -1.64. The molecular formula is C5H6BrNS. The molecule has 0 bridgehead atoms. The van der Waals surface area contributed by atoms with Crippen LogP contribution in [0.2, 0.25) is 0 Å². The van der Waals surface area contributed by atoms with E-state index in [1.165, 1.54) is 4.88 Å². The molecule has 0 aliphatic carbocycles. The molecule has 0 fully saturated rings. The van der Waals surface area contributed by atoms with Gasteiger partial charge in [0, 0.05) is 11.1 Å². The van der Waals surface area contributed by atoms with Gasteiger partial charge in [0.25, 0.3) is 0 Å². The molecule has 1 rings (SSSR count). The van der Waals surface area contributed by atoms with Crippen LogP contribution in [0.1, 0.15) is 11.8 Å². The highest BCUT2D eigenvalue weighted by atomic mass is 79.9. The number of hydrogen-bond acceptors (Lipinski definition) is 2. The highest BCUT2D eigenvalue weighted by Gasteiger charge is 1.92. The largest absolute Gasteiger partial charge is 0.237 e. The van der Waals surface area contributed by atoms with Crippen molar-refractivity contribution in [3.63, 3.8) is 0 Å². The van der Waals surface area contributed by atoms with Crippen molar-refractivity contribution in [1.82, 2.24) is 4.98 Å². The van der Waals surface area contributed by atoms with Crippen LogP contribution in [-0.2, 0) is 6.42 Å². The summed E-state index contributed by atoms with van der Waals surface area (Å²) < 4.78 is 0.981. The Morgan fingerprint density at radius 2 is 2.62 bits per heavy atom. The molecule has 1 heterocycles. The number of nitrogens with zero attached hydrogens (tertiary/aromatic N) is 1. The van der Waals surface area contributed by atoms with E-state index in [9.17, 15) is 0 Å². The van der Waals surface area contributed by atoms with Crippen LogP contribution in [0.3, 0.4) is 0 Å². The van der Waals surface area contributed by atoms with E-state index >= 15 is 0 Å². The van der Waals surface area contributed by atoms with Gasteiger partial charge in [-0.3, -0.25) is 0 Å². The molecule has 0 atom stereocenters. The molecule has 0 saturated heterocycles. The smallest absolute Gasteiger partial charge is 0.159 e. The molecule has 0 aromatic carbocycles. The summed E-state index contributed by atoms with van der Waals surface area (Å²) in [6, 6.07) is 0. The van der Waals surface area contributed by atoms with Gasteiger partial charge in [0.1, 0.15) is 0 Å². The van der Waals surface area contributed by atoms with Crippen molar-refractivity contribution in [3.05, 3.63) is 15.0 Å². The minimum atomic E-state index is 0.981. The first-order valence-electron chi connectivity index (χ1n) is 2.43. The molecule has 0 amide bonds. The van der Waals surface area contributed by atoms with Crippen molar-refractivity contribution < 1.29 is 0 Å². The monoisotopic (exact) mass is 191 g/mol. The van der Waals surface area contributed by atoms with E-state index in [0.29, 0.717) is 0 Å². The van der Waals surface area contributed by atoms with Gasteiger partial charge in [-0.25, -0.2) is 4.98 Å². The zero-order valence-corrected chi connectivity index (χ0v) is 6.92. The van der Waals surface area contributed by atoms with Crippen LogP contribution in [0.15, 0.2) is 10.1 Å². The topological polar surface area (TPSA) is 12.9 Å². The Balaban J connectivity index is 2.84. The molecule has 0 radical (unpaired) electrons. The van der Waals surface area contributed by atoms with Gasteiger partial charge < -0.3 is 0 Å². The van der Waals surface area contributed by atoms with Crippen molar-refractivity contribution in [3.8, 4) is 0 Å². The Bertz CT molecular complexity index is 173. The number of hydrogen-bond donors (Lipinski definition) is 0. The number of halogens is 1. The van der Waals surface area contributed by atoms with Gasteiger partial charge in [-0.1, -0.05) is 6.92 Å². The summed E-state index contributed by atoms with van der Waals surface area (Å²) >= 11 is 4.97. The first-order valence-corrected chi connectivity index (χ1v) is 4.04. The van der Waals surface area contributed by atoms with Crippen molar-refractivity contribution in [2.45, 2.75) is 13.3 Å². The Hall–Kier alpha value is 0.110. The number of thiazole rings is 1. The van der Waals surface area contributed by atoms with E-state index in [1.807, 2.05) is 6.20 Å². The second kappa shape index (κ2) is 2.60. The lowest BCUT2D eigenvalue weighted by atomic mass is 10.4. The molecule has 8 heavy (non-hydrogen) atoms. The summed E-state index contributed by atoms with van der Waals surface area (Å²) in [4.78, 5) is 5.35. The fraction of sp³-hybridized carbons (Fsp3) is 0.400. The van der Waals surface area contributed by atoms with Crippen molar-refractivity contribution >= 4 is 27.3 Å². The maximum Gasteiger partial charge on any atom is 0.159 e. The molecule has 0 aliphatic heterocycles. The van der Waals surface area contributed by atoms with Gasteiger partial charge in [0.2, 0.25) is 0 Å². The third-order valence-electron chi connectivity index (χ3n) is 0.874. The lowest BCUT2D eigenvalue weighted by Gasteiger charge is -1.77. The predicted molar refractivity (Wildman–Crippen MR) is 39.2 cm³/mol. The van der Waals surface area contributed by atoms with Gasteiger partial charge in [-0.15, -0.1) is 11.3 Å². The van der Waals surface area contributed by atoms with Crippen molar-refractivity contribution in [2.75, 3.05) is 0 Å².